The van der Waals surface area contributed by atoms with Gasteiger partial charge in [0, 0.05) is 12.4 Å². The van der Waals surface area contributed by atoms with E-state index in [9.17, 15) is 4.79 Å². The Labute approximate surface area is 75.0 Å². The van der Waals surface area contributed by atoms with Gasteiger partial charge in [-0.05, 0) is 18.6 Å². The first-order valence-corrected chi connectivity index (χ1v) is 3.87. The Morgan fingerprint density at radius 2 is 2.33 bits per heavy atom. The molecule has 0 aliphatic heterocycles. The molecule has 1 rings (SSSR count). The van der Waals surface area contributed by atoms with E-state index in [2.05, 4.69) is 4.98 Å². The van der Waals surface area contributed by atoms with Crippen molar-refractivity contribution in [3.05, 3.63) is 29.6 Å². The average Bonchev–Trinajstić information content (AvgIpc) is 2.04. The van der Waals surface area contributed by atoms with Gasteiger partial charge in [0.25, 0.3) is 0 Å². The van der Waals surface area contributed by atoms with Crippen LogP contribution in [0.5, 0.6) is 0 Å². The van der Waals surface area contributed by atoms with Crippen molar-refractivity contribution in [2.75, 3.05) is 0 Å². The second kappa shape index (κ2) is 3.54. The molecule has 1 aromatic heterocycles. The summed E-state index contributed by atoms with van der Waals surface area (Å²) in [5, 5.41) is 8.40. The number of hydrogen-bond donors (Lipinski definition) is 1. The molecule has 0 spiro atoms. The highest BCUT2D eigenvalue weighted by Gasteiger charge is 2.06. The predicted molar refractivity (Wildman–Crippen MR) is 45.5 cm³/mol. The number of carboxylic acids is 1. The lowest BCUT2D eigenvalue weighted by Crippen LogP contribution is -1.98. The number of halogens is 1. The molecule has 1 heterocycles. The number of carboxylic acid groups (broad SMARTS) is 1. The van der Waals surface area contributed by atoms with E-state index in [0.29, 0.717) is 0 Å². The van der Waals surface area contributed by atoms with Crippen molar-refractivity contribution >= 4 is 17.6 Å². The molecule has 12 heavy (non-hydrogen) atoms. The molecule has 0 saturated heterocycles. The van der Waals surface area contributed by atoms with Crippen LogP contribution in [0.2, 0.25) is 0 Å². The molecule has 0 radical (unpaired) electrons. The third kappa shape index (κ3) is 1.95. The summed E-state index contributed by atoms with van der Waals surface area (Å²) in [5.74, 6) is -0.985. The standard InChI is InChI=1S/C8H8ClNO2/c1-5(9)6-2-7(8(11)12)4-10-3-6/h2-5H,1H3,(H,11,12). The molecular weight excluding hydrogens is 178 g/mol. The molecule has 0 aliphatic rings. The van der Waals surface area contributed by atoms with Crippen molar-refractivity contribution in [3.63, 3.8) is 0 Å². The fourth-order valence-corrected chi connectivity index (χ4v) is 0.912. The highest BCUT2D eigenvalue weighted by atomic mass is 35.5. The molecule has 0 amide bonds. The second-order valence-corrected chi connectivity index (χ2v) is 3.08. The number of nitrogens with zero attached hydrogens (tertiary/aromatic N) is 1. The monoisotopic (exact) mass is 185 g/mol. The first-order chi connectivity index (χ1) is 5.61. The van der Waals surface area contributed by atoms with Crippen molar-refractivity contribution in [3.8, 4) is 0 Å². The summed E-state index contributed by atoms with van der Waals surface area (Å²) in [7, 11) is 0. The highest BCUT2D eigenvalue weighted by molar-refractivity contribution is 6.20. The van der Waals surface area contributed by atoms with Gasteiger partial charge in [-0.15, -0.1) is 11.6 Å². The molecular formula is C8H8ClNO2. The number of hydrogen-bond acceptors (Lipinski definition) is 2. The number of pyridine rings is 1. The van der Waals surface area contributed by atoms with E-state index < -0.39 is 5.97 Å². The molecule has 0 aromatic carbocycles. The molecule has 1 N–H and O–H groups in total. The minimum absolute atomic E-state index is 0.167. The van der Waals surface area contributed by atoms with Crippen LogP contribution in [0.3, 0.4) is 0 Å². The van der Waals surface area contributed by atoms with Crippen LogP contribution in [-0.2, 0) is 0 Å². The Balaban J connectivity index is 3.04. The average molecular weight is 186 g/mol. The summed E-state index contributed by atoms with van der Waals surface area (Å²) in [6.07, 6.45) is 2.86. The van der Waals surface area contributed by atoms with Crippen molar-refractivity contribution in [1.82, 2.24) is 4.98 Å². The number of carbonyl (C=O) groups is 1. The Morgan fingerprint density at radius 3 is 2.83 bits per heavy atom. The molecule has 0 bridgehead atoms. The fraction of sp³-hybridized carbons (Fsp3) is 0.250. The van der Waals surface area contributed by atoms with Gasteiger partial charge in [-0.2, -0.15) is 0 Å². The SMILES string of the molecule is CC(Cl)c1cncc(C(=O)O)c1. The lowest BCUT2D eigenvalue weighted by Gasteiger charge is -2.02. The zero-order valence-electron chi connectivity index (χ0n) is 6.49. The minimum Gasteiger partial charge on any atom is -0.478 e. The molecule has 0 fully saturated rings. The maximum atomic E-state index is 10.5. The van der Waals surface area contributed by atoms with Crippen LogP contribution in [-0.4, -0.2) is 16.1 Å². The fourth-order valence-electron chi connectivity index (χ4n) is 0.792. The van der Waals surface area contributed by atoms with Gasteiger partial charge in [-0.25, -0.2) is 4.79 Å². The third-order valence-corrected chi connectivity index (χ3v) is 1.72. The first kappa shape index (κ1) is 9.00. The van der Waals surface area contributed by atoms with E-state index >= 15 is 0 Å². The summed E-state index contributed by atoms with van der Waals surface area (Å²) in [4.78, 5) is 14.3. The largest absolute Gasteiger partial charge is 0.478 e. The Morgan fingerprint density at radius 1 is 1.67 bits per heavy atom. The lowest BCUT2D eigenvalue weighted by molar-refractivity contribution is 0.0696. The maximum Gasteiger partial charge on any atom is 0.337 e. The number of aromatic carboxylic acids is 1. The Bertz CT molecular complexity index is 299. The van der Waals surface area contributed by atoms with Gasteiger partial charge >= 0.3 is 5.97 Å². The summed E-state index contributed by atoms with van der Waals surface area (Å²) in [5.41, 5.74) is 0.886. The van der Waals surface area contributed by atoms with Gasteiger partial charge in [0.2, 0.25) is 0 Å². The van der Waals surface area contributed by atoms with Gasteiger partial charge in [-0.3, -0.25) is 4.98 Å². The van der Waals surface area contributed by atoms with Crippen molar-refractivity contribution < 1.29 is 9.90 Å². The van der Waals surface area contributed by atoms with E-state index in [-0.39, 0.29) is 10.9 Å². The van der Waals surface area contributed by atoms with Crippen LogP contribution in [0.4, 0.5) is 0 Å². The minimum atomic E-state index is -0.985. The summed E-state index contributed by atoms with van der Waals surface area (Å²) >= 11 is 5.75. The van der Waals surface area contributed by atoms with Crippen LogP contribution < -0.4 is 0 Å². The van der Waals surface area contributed by atoms with E-state index in [4.69, 9.17) is 16.7 Å². The van der Waals surface area contributed by atoms with Crippen molar-refractivity contribution in [2.24, 2.45) is 0 Å². The lowest BCUT2D eigenvalue weighted by atomic mass is 10.1. The van der Waals surface area contributed by atoms with E-state index in [0.717, 1.165) is 5.56 Å². The number of aromatic nitrogens is 1. The smallest absolute Gasteiger partial charge is 0.337 e. The molecule has 4 heteroatoms. The van der Waals surface area contributed by atoms with Crippen molar-refractivity contribution in [2.45, 2.75) is 12.3 Å². The molecule has 1 aromatic rings. The van der Waals surface area contributed by atoms with Crippen LogP contribution >= 0.6 is 11.6 Å². The van der Waals surface area contributed by atoms with E-state index in [1.807, 2.05) is 0 Å². The van der Waals surface area contributed by atoms with Gasteiger partial charge < -0.3 is 5.11 Å². The van der Waals surface area contributed by atoms with Gasteiger partial charge in [0.1, 0.15) is 0 Å². The highest BCUT2D eigenvalue weighted by Crippen LogP contribution is 2.18. The molecule has 1 atom stereocenters. The summed E-state index contributed by atoms with van der Waals surface area (Å²) < 4.78 is 0. The predicted octanol–water partition coefficient (Wildman–Crippen LogP) is 2.08. The maximum absolute atomic E-state index is 10.5. The second-order valence-electron chi connectivity index (χ2n) is 2.43. The molecule has 64 valence electrons. The van der Waals surface area contributed by atoms with E-state index in [1.54, 1.807) is 13.1 Å². The van der Waals surface area contributed by atoms with Gasteiger partial charge in [0.05, 0.1) is 10.9 Å². The molecule has 0 saturated carbocycles. The molecule has 0 aliphatic carbocycles. The number of alkyl halides is 1. The van der Waals surface area contributed by atoms with Gasteiger partial charge in [-0.1, -0.05) is 0 Å². The normalized spacial score (nSPS) is 12.5. The zero-order chi connectivity index (χ0) is 9.14. The Hall–Kier alpha value is -1.09. The van der Waals surface area contributed by atoms with E-state index in [1.165, 1.54) is 12.3 Å². The quantitative estimate of drug-likeness (QED) is 0.718. The van der Waals surface area contributed by atoms with Crippen molar-refractivity contribution in [1.29, 1.82) is 0 Å². The van der Waals surface area contributed by atoms with Crippen LogP contribution in [0.15, 0.2) is 18.5 Å². The van der Waals surface area contributed by atoms with Crippen LogP contribution in [0.25, 0.3) is 0 Å². The third-order valence-electron chi connectivity index (χ3n) is 1.47. The van der Waals surface area contributed by atoms with Crippen LogP contribution in [0, 0.1) is 0 Å². The first-order valence-electron chi connectivity index (χ1n) is 3.43. The summed E-state index contributed by atoms with van der Waals surface area (Å²) in [6.45, 7) is 1.77. The topological polar surface area (TPSA) is 50.2 Å². The van der Waals surface area contributed by atoms with Gasteiger partial charge in [0.15, 0.2) is 0 Å². The number of rotatable bonds is 2. The molecule has 1 unspecified atom stereocenters. The Kier molecular flexibility index (Phi) is 2.65. The summed E-state index contributed by atoms with van der Waals surface area (Å²) in [6, 6.07) is 1.52. The molecule has 3 nitrogen and oxygen atoms in total. The zero-order valence-corrected chi connectivity index (χ0v) is 7.25. The van der Waals surface area contributed by atoms with Crippen LogP contribution in [0.1, 0.15) is 28.2 Å².